The van der Waals surface area contributed by atoms with Crippen molar-refractivity contribution in [1.82, 2.24) is 0 Å². The molecular formula is C60H36O. The number of fused-ring (bicyclic) bond motifs is 6. The molecule has 1 heterocycles. The van der Waals surface area contributed by atoms with Crippen molar-refractivity contribution >= 4 is 75.8 Å². The SMILES string of the molecule is c1ccc(-c2ccc(-c3cc(-c4ccc5ccc6c(-c7ccccc7)ccc7ccc4c5c76)cc4c3oc3c5cccc(-c6ccccc6)c5ccc43)c3ccccc23)cc1. The molecule has 61 heavy (non-hydrogen) atoms. The van der Waals surface area contributed by atoms with Gasteiger partial charge >= 0.3 is 0 Å². The number of hydrogen-bond donors (Lipinski definition) is 0. The lowest BCUT2D eigenvalue weighted by Gasteiger charge is -2.17. The van der Waals surface area contributed by atoms with E-state index >= 15 is 0 Å². The third-order valence-corrected chi connectivity index (χ3v) is 13.0. The standard InChI is InChI=1S/C60H36O/c1-4-13-37(14-5-1)43-21-12-22-53-49(43)33-34-54-56-36-42(35-55(60(56)61-59(53)54)50-32-31-44(38-15-6-2-7-16-38)47-19-10-11-20-48(47)50)46-28-24-41-25-29-51-45(39-17-8-3-9-18-39)27-23-40-26-30-52(46)58(41)57(40)51/h1-36H. The highest BCUT2D eigenvalue weighted by Crippen LogP contribution is 2.48. The first-order chi connectivity index (χ1) is 30.3. The summed E-state index contributed by atoms with van der Waals surface area (Å²) in [5.74, 6) is 0. The van der Waals surface area contributed by atoms with Gasteiger partial charge in [-0.2, -0.15) is 0 Å². The van der Waals surface area contributed by atoms with E-state index in [1.54, 1.807) is 0 Å². The van der Waals surface area contributed by atoms with Crippen LogP contribution in [0.2, 0.25) is 0 Å². The summed E-state index contributed by atoms with van der Waals surface area (Å²) in [5, 5.41) is 14.6. The highest BCUT2D eigenvalue weighted by atomic mass is 16.3. The van der Waals surface area contributed by atoms with E-state index < -0.39 is 0 Å². The monoisotopic (exact) mass is 772 g/mol. The van der Waals surface area contributed by atoms with E-state index in [1.165, 1.54) is 93.0 Å². The summed E-state index contributed by atoms with van der Waals surface area (Å²) in [6.07, 6.45) is 0. The van der Waals surface area contributed by atoms with Crippen LogP contribution in [0.5, 0.6) is 0 Å². The van der Waals surface area contributed by atoms with Crippen LogP contribution in [0, 0.1) is 0 Å². The minimum atomic E-state index is 0.902. The van der Waals surface area contributed by atoms with E-state index in [2.05, 4.69) is 218 Å². The lowest BCUT2D eigenvalue weighted by molar-refractivity contribution is 0.674. The van der Waals surface area contributed by atoms with E-state index in [9.17, 15) is 0 Å². The summed E-state index contributed by atoms with van der Waals surface area (Å²) in [6.45, 7) is 0. The number of rotatable bonds is 5. The maximum Gasteiger partial charge on any atom is 0.143 e. The first-order valence-corrected chi connectivity index (χ1v) is 21.1. The number of furan rings is 1. The molecule has 0 saturated heterocycles. The van der Waals surface area contributed by atoms with Crippen molar-refractivity contribution in [3.8, 4) is 55.6 Å². The lowest BCUT2D eigenvalue weighted by Crippen LogP contribution is -1.91. The second-order valence-corrected chi connectivity index (χ2v) is 16.3. The molecule has 0 aliphatic carbocycles. The molecule has 0 aliphatic heterocycles. The van der Waals surface area contributed by atoms with Crippen molar-refractivity contribution in [3.63, 3.8) is 0 Å². The zero-order chi connectivity index (χ0) is 40.0. The Morgan fingerprint density at radius 3 is 1.25 bits per heavy atom. The van der Waals surface area contributed by atoms with Gasteiger partial charge in [-0.3, -0.25) is 0 Å². The minimum absolute atomic E-state index is 0.902. The molecule has 13 aromatic rings. The molecule has 13 rings (SSSR count). The fourth-order valence-corrected chi connectivity index (χ4v) is 10.2. The molecular weight excluding hydrogens is 737 g/mol. The van der Waals surface area contributed by atoms with Gasteiger partial charge in [0.25, 0.3) is 0 Å². The van der Waals surface area contributed by atoms with E-state index in [-0.39, 0.29) is 0 Å². The highest BCUT2D eigenvalue weighted by Gasteiger charge is 2.22. The summed E-state index contributed by atoms with van der Waals surface area (Å²) in [4.78, 5) is 0. The fraction of sp³-hybridized carbons (Fsp3) is 0. The molecule has 0 atom stereocenters. The van der Waals surface area contributed by atoms with Crippen molar-refractivity contribution in [2.75, 3.05) is 0 Å². The Morgan fingerprint density at radius 2 is 0.623 bits per heavy atom. The maximum absolute atomic E-state index is 7.23. The van der Waals surface area contributed by atoms with Crippen LogP contribution in [0.3, 0.4) is 0 Å². The molecule has 1 aromatic heterocycles. The molecule has 1 heteroatoms. The number of hydrogen-bond acceptors (Lipinski definition) is 1. The largest absolute Gasteiger partial charge is 0.455 e. The van der Waals surface area contributed by atoms with Gasteiger partial charge in [0.15, 0.2) is 0 Å². The average Bonchev–Trinajstić information content (AvgIpc) is 3.72. The maximum atomic E-state index is 7.23. The molecule has 0 radical (unpaired) electrons. The van der Waals surface area contributed by atoms with Crippen LogP contribution in [0.4, 0.5) is 0 Å². The molecule has 0 spiro atoms. The Kier molecular flexibility index (Phi) is 7.37. The van der Waals surface area contributed by atoms with Crippen molar-refractivity contribution in [1.29, 1.82) is 0 Å². The minimum Gasteiger partial charge on any atom is -0.455 e. The van der Waals surface area contributed by atoms with Crippen molar-refractivity contribution in [2.45, 2.75) is 0 Å². The predicted molar refractivity (Wildman–Crippen MR) is 260 cm³/mol. The van der Waals surface area contributed by atoms with Crippen LogP contribution in [0.15, 0.2) is 223 Å². The van der Waals surface area contributed by atoms with Gasteiger partial charge in [0, 0.05) is 21.7 Å². The Hall–Kier alpha value is -8.00. The fourth-order valence-electron chi connectivity index (χ4n) is 10.2. The smallest absolute Gasteiger partial charge is 0.143 e. The molecule has 0 amide bonds. The van der Waals surface area contributed by atoms with E-state index in [0.717, 1.165) is 38.5 Å². The summed E-state index contributed by atoms with van der Waals surface area (Å²) >= 11 is 0. The summed E-state index contributed by atoms with van der Waals surface area (Å²) in [7, 11) is 0. The molecule has 0 saturated carbocycles. The van der Waals surface area contributed by atoms with Crippen LogP contribution in [0.1, 0.15) is 0 Å². The quantitative estimate of drug-likeness (QED) is 0.159. The topological polar surface area (TPSA) is 13.1 Å². The van der Waals surface area contributed by atoms with Gasteiger partial charge in [-0.05, 0) is 117 Å². The van der Waals surface area contributed by atoms with Gasteiger partial charge in [-0.1, -0.05) is 200 Å². The third-order valence-electron chi connectivity index (χ3n) is 13.0. The second kappa shape index (κ2) is 13.3. The van der Waals surface area contributed by atoms with Crippen LogP contribution in [-0.4, -0.2) is 0 Å². The van der Waals surface area contributed by atoms with Crippen molar-refractivity contribution in [2.24, 2.45) is 0 Å². The highest BCUT2D eigenvalue weighted by molar-refractivity contribution is 6.28. The third kappa shape index (κ3) is 5.14. The zero-order valence-corrected chi connectivity index (χ0v) is 33.2. The molecule has 0 aliphatic rings. The van der Waals surface area contributed by atoms with Crippen LogP contribution in [0.25, 0.3) is 131 Å². The Labute approximate surface area is 352 Å². The van der Waals surface area contributed by atoms with Crippen molar-refractivity contribution < 1.29 is 4.42 Å². The Balaban J connectivity index is 1.12. The van der Waals surface area contributed by atoms with E-state index in [1.807, 2.05) is 0 Å². The molecule has 0 bridgehead atoms. The summed E-state index contributed by atoms with van der Waals surface area (Å²) in [6, 6.07) is 79.9. The summed E-state index contributed by atoms with van der Waals surface area (Å²) in [5.41, 5.74) is 13.8. The summed E-state index contributed by atoms with van der Waals surface area (Å²) < 4.78 is 7.23. The lowest BCUT2D eigenvalue weighted by atomic mass is 9.86. The Bertz CT molecular complexity index is 3840. The molecule has 0 N–H and O–H groups in total. The normalized spacial score (nSPS) is 11.9. The second-order valence-electron chi connectivity index (χ2n) is 16.3. The van der Waals surface area contributed by atoms with Crippen LogP contribution in [-0.2, 0) is 0 Å². The first kappa shape index (κ1) is 33.9. The van der Waals surface area contributed by atoms with E-state index in [4.69, 9.17) is 4.42 Å². The van der Waals surface area contributed by atoms with E-state index in [0.29, 0.717) is 0 Å². The van der Waals surface area contributed by atoms with Crippen molar-refractivity contribution in [3.05, 3.63) is 218 Å². The van der Waals surface area contributed by atoms with Gasteiger partial charge < -0.3 is 4.42 Å². The molecule has 282 valence electrons. The average molecular weight is 773 g/mol. The van der Waals surface area contributed by atoms with Crippen LogP contribution >= 0.6 is 0 Å². The molecule has 0 unspecified atom stereocenters. The van der Waals surface area contributed by atoms with Gasteiger partial charge in [-0.25, -0.2) is 0 Å². The first-order valence-electron chi connectivity index (χ1n) is 21.1. The van der Waals surface area contributed by atoms with Gasteiger partial charge in [0.1, 0.15) is 11.2 Å². The number of benzene rings is 12. The van der Waals surface area contributed by atoms with Gasteiger partial charge in [0.2, 0.25) is 0 Å². The zero-order valence-electron chi connectivity index (χ0n) is 33.2. The predicted octanol–water partition coefficient (Wildman–Crippen LogP) is 17.1. The molecule has 0 fully saturated rings. The van der Waals surface area contributed by atoms with Gasteiger partial charge in [0.05, 0.1) is 0 Å². The Morgan fingerprint density at radius 1 is 0.213 bits per heavy atom. The molecule has 12 aromatic carbocycles. The van der Waals surface area contributed by atoms with Crippen LogP contribution < -0.4 is 0 Å². The molecule has 1 nitrogen and oxygen atoms in total. The van der Waals surface area contributed by atoms with Gasteiger partial charge in [-0.15, -0.1) is 0 Å².